The first-order valence-electron chi connectivity index (χ1n) is 4.69. The second-order valence-electron chi connectivity index (χ2n) is 4.34. The van der Waals surface area contributed by atoms with Crippen LogP contribution in [-0.4, -0.2) is 35.6 Å². The summed E-state index contributed by atoms with van der Waals surface area (Å²) in [5.74, 6) is 0.809. The molecule has 4 aliphatic heterocycles. The average Bonchev–Trinajstić information content (AvgIpc) is 2.43. The van der Waals surface area contributed by atoms with E-state index in [0.717, 1.165) is 0 Å². The van der Waals surface area contributed by atoms with Gasteiger partial charge in [-0.1, -0.05) is 13.8 Å². The average molecular weight is 170 g/mol. The highest BCUT2D eigenvalue weighted by atomic mass is 16.6. The van der Waals surface area contributed by atoms with Gasteiger partial charge in [0.2, 0.25) is 0 Å². The molecule has 0 radical (unpaired) electrons. The zero-order valence-corrected chi connectivity index (χ0v) is 7.31. The number of ether oxygens (including phenoxy) is 2. The predicted octanol–water partition coefficient (Wildman–Crippen LogP) is 0.168. The van der Waals surface area contributed by atoms with Crippen LogP contribution < -0.4 is 0 Å². The SMILES string of the molecule is C[C@@H]1[C@@H]2O[C@@H]3[C@@H](O)[C@H]1O[C@@H]3[C@H]2C. The molecule has 0 aromatic carbocycles. The van der Waals surface area contributed by atoms with Gasteiger partial charge in [-0.15, -0.1) is 0 Å². The molecule has 0 aromatic rings. The van der Waals surface area contributed by atoms with Gasteiger partial charge >= 0.3 is 0 Å². The molecule has 0 unspecified atom stereocenters. The van der Waals surface area contributed by atoms with Gasteiger partial charge in [0.05, 0.1) is 18.3 Å². The summed E-state index contributed by atoms with van der Waals surface area (Å²) in [7, 11) is 0. The zero-order valence-electron chi connectivity index (χ0n) is 7.31. The summed E-state index contributed by atoms with van der Waals surface area (Å²) in [5, 5.41) is 9.74. The molecule has 0 saturated carbocycles. The second-order valence-corrected chi connectivity index (χ2v) is 4.34. The zero-order chi connectivity index (χ0) is 8.46. The maximum Gasteiger partial charge on any atom is 0.113 e. The van der Waals surface area contributed by atoms with Crippen LogP contribution in [0.2, 0.25) is 0 Å². The lowest BCUT2D eigenvalue weighted by atomic mass is 9.87. The standard InChI is InChI=1S/C9H14O3/c1-3-6-4(2)8-9(11-6)5(10)7(3)12-8/h3-10H,1-2H3/t3-,4+,5+,6+,7+,8-,9-/m1/s1. The highest BCUT2D eigenvalue weighted by molar-refractivity contribution is 5.09. The molecule has 0 amide bonds. The van der Waals surface area contributed by atoms with Crippen molar-refractivity contribution in [3.05, 3.63) is 0 Å². The molecule has 4 fully saturated rings. The summed E-state index contributed by atoms with van der Waals surface area (Å²) in [6, 6.07) is 0. The summed E-state index contributed by atoms with van der Waals surface area (Å²) in [4.78, 5) is 0. The molecule has 3 heteroatoms. The van der Waals surface area contributed by atoms with Gasteiger partial charge in [-0.2, -0.15) is 0 Å². The first kappa shape index (κ1) is 7.30. The van der Waals surface area contributed by atoms with Crippen LogP contribution in [-0.2, 0) is 9.47 Å². The Morgan fingerprint density at radius 2 is 1.42 bits per heavy atom. The monoisotopic (exact) mass is 170 g/mol. The quantitative estimate of drug-likeness (QED) is 0.563. The normalized spacial score (nSPS) is 67.8. The molecule has 4 heterocycles. The molecule has 12 heavy (non-hydrogen) atoms. The number of aliphatic hydroxyl groups excluding tert-OH is 1. The van der Waals surface area contributed by atoms with Crippen molar-refractivity contribution in [1.29, 1.82) is 0 Å². The van der Waals surface area contributed by atoms with Gasteiger partial charge < -0.3 is 14.6 Å². The van der Waals surface area contributed by atoms with Crippen LogP contribution in [0.1, 0.15) is 13.8 Å². The topological polar surface area (TPSA) is 38.7 Å². The minimum atomic E-state index is -0.383. The summed E-state index contributed by atoms with van der Waals surface area (Å²) in [5.41, 5.74) is 0. The van der Waals surface area contributed by atoms with Crippen LogP contribution in [0, 0.1) is 11.8 Å². The van der Waals surface area contributed by atoms with Crippen molar-refractivity contribution in [3.63, 3.8) is 0 Å². The van der Waals surface area contributed by atoms with Gasteiger partial charge in [0.25, 0.3) is 0 Å². The van der Waals surface area contributed by atoms with Gasteiger partial charge in [-0.25, -0.2) is 0 Å². The third-order valence-corrected chi connectivity index (χ3v) is 3.70. The minimum Gasteiger partial charge on any atom is -0.388 e. The van der Waals surface area contributed by atoms with Crippen molar-refractivity contribution < 1.29 is 14.6 Å². The van der Waals surface area contributed by atoms with E-state index < -0.39 is 0 Å². The number of rotatable bonds is 0. The van der Waals surface area contributed by atoms with Crippen LogP contribution in [0.5, 0.6) is 0 Å². The van der Waals surface area contributed by atoms with Crippen molar-refractivity contribution in [2.75, 3.05) is 0 Å². The number of hydrogen-bond donors (Lipinski definition) is 1. The van der Waals surface area contributed by atoms with Crippen LogP contribution in [0.3, 0.4) is 0 Å². The maximum atomic E-state index is 9.74. The van der Waals surface area contributed by atoms with Gasteiger partial charge in [-0.3, -0.25) is 0 Å². The van der Waals surface area contributed by atoms with E-state index in [1.54, 1.807) is 0 Å². The van der Waals surface area contributed by atoms with Crippen molar-refractivity contribution in [2.45, 2.75) is 44.4 Å². The summed E-state index contributed by atoms with van der Waals surface area (Å²) in [6.07, 6.45) is 0.0979. The molecule has 4 rings (SSSR count). The lowest BCUT2D eigenvalue weighted by Gasteiger charge is -2.37. The van der Waals surface area contributed by atoms with Crippen LogP contribution in [0.15, 0.2) is 0 Å². The third-order valence-electron chi connectivity index (χ3n) is 3.70. The van der Waals surface area contributed by atoms with Crippen LogP contribution >= 0.6 is 0 Å². The lowest BCUT2D eigenvalue weighted by Crippen LogP contribution is -2.47. The molecule has 4 bridgehead atoms. The van der Waals surface area contributed by atoms with Crippen molar-refractivity contribution >= 4 is 0 Å². The Hall–Kier alpha value is -0.120. The van der Waals surface area contributed by atoms with Gasteiger partial charge in [-0.05, 0) is 0 Å². The van der Waals surface area contributed by atoms with E-state index in [1.807, 2.05) is 0 Å². The Morgan fingerprint density at radius 3 is 2.08 bits per heavy atom. The maximum absolute atomic E-state index is 9.74. The minimum absolute atomic E-state index is 0.0359. The Labute approximate surface area is 71.7 Å². The van der Waals surface area contributed by atoms with Gasteiger partial charge in [0.1, 0.15) is 12.2 Å². The van der Waals surface area contributed by atoms with E-state index in [2.05, 4.69) is 13.8 Å². The molecule has 68 valence electrons. The summed E-state index contributed by atoms with van der Waals surface area (Å²) in [6.45, 7) is 4.26. The van der Waals surface area contributed by atoms with Crippen LogP contribution in [0.25, 0.3) is 0 Å². The largest absolute Gasteiger partial charge is 0.388 e. The van der Waals surface area contributed by atoms with Crippen molar-refractivity contribution in [2.24, 2.45) is 11.8 Å². The Morgan fingerprint density at radius 1 is 0.833 bits per heavy atom. The predicted molar refractivity (Wildman–Crippen MR) is 41.7 cm³/mol. The van der Waals surface area contributed by atoms with E-state index in [9.17, 15) is 5.11 Å². The van der Waals surface area contributed by atoms with Crippen molar-refractivity contribution in [1.82, 2.24) is 0 Å². The molecular formula is C9H14O3. The Kier molecular flexibility index (Phi) is 1.23. The Balaban J connectivity index is 2.01. The number of aliphatic hydroxyl groups is 1. The highest BCUT2D eigenvalue weighted by Crippen LogP contribution is 2.49. The van der Waals surface area contributed by atoms with E-state index in [-0.39, 0.29) is 24.4 Å². The molecule has 4 saturated heterocycles. The first-order valence-corrected chi connectivity index (χ1v) is 4.69. The summed E-state index contributed by atoms with van der Waals surface area (Å²) < 4.78 is 11.4. The van der Waals surface area contributed by atoms with Gasteiger partial charge in [0.15, 0.2) is 0 Å². The molecule has 3 nitrogen and oxygen atoms in total. The first-order chi connectivity index (χ1) is 5.70. The van der Waals surface area contributed by atoms with E-state index in [1.165, 1.54) is 0 Å². The molecular weight excluding hydrogens is 156 g/mol. The molecule has 0 aliphatic carbocycles. The highest BCUT2D eigenvalue weighted by Gasteiger charge is 2.63. The molecule has 0 aromatic heterocycles. The number of hydrogen-bond acceptors (Lipinski definition) is 3. The second kappa shape index (κ2) is 2.03. The van der Waals surface area contributed by atoms with Gasteiger partial charge in [0, 0.05) is 11.8 Å². The Bertz CT molecular complexity index is 188. The molecule has 4 aliphatic rings. The van der Waals surface area contributed by atoms with Crippen molar-refractivity contribution in [3.8, 4) is 0 Å². The lowest BCUT2D eigenvalue weighted by molar-refractivity contribution is -0.149. The van der Waals surface area contributed by atoms with E-state index in [0.29, 0.717) is 17.9 Å². The smallest absolute Gasteiger partial charge is 0.113 e. The molecule has 7 atom stereocenters. The van der Waals surface area contributed by atoms with E-state index in [4.69, 9.17) is 9.47 Å². The molecule has 1 N–H and O–H groups in total. The fraction of sp³-hybridized carbons (Fsp3) is 1.00. The third kappa shape index (κ3) is 0.605. The van der Waals surface area contributed by atoms with Crippen LogP contribution in [0.4, 0.5) is 0 Å². The fourth-order valence-electron chi connectivity index (χ4n) is 3.02. The molecule has 0 spiro atoms. The van der Waals surface area contributed by atoms with E-state index >= 15 is 0 Å². The summed E-state index contributed by atoms with van der Waals surface area (Å²) >= 11 is 0. The fourth-order valence-corrected chi connectivity index (χ4v) is 3.02.